The average Bonchev–Trinajstić information content (AvgIpc) is 3.34. The molecule has 0 aliphatic carbocycles. The molecular weight excluding hydrogens is 432 g/mol. The van der Waals surface area contributed by atoms with Crippen LogP contribution in [-0.4, -0.2) is 4.98 Å². The summed E-state index contributed by atoms with van der Waals surface area (Å²) in [6, 6.07) is 46.7. The lowest BCUT2D eigenvalue weighted by Gasteiger charge is -2.23. The highest BCUT2D eigenvalue weighted by molar-refractivity contribution is 7.22. The van der Waals surface area contributed by atoms with Gasteiger partial charge < -0.3 is 0 Å². The molecule has 1 aromatic heterocycles. The van der Waals surface area contributed by atoms with Crippen LogP contribution in [0.1, 0.15) is 0 Å². The van der Waals surface area contributed by atoms with Crippen molar-refractivity contribution >= 4 is 38.1 Å². The van der Waals surface area contributed by atoms with Gasteiger partial charge in [-0.2, -0.15) is 0 Å². The van der Waals surface area contributed by atoms with Crippen molar-refractivity contribution in [3.8, 4) is 22.3 Å². The van der Waals surface area contributed by atoms with E-state index in [1.54, 1.807) is 11.3 Å². The first-order valence-corrected chi connectivity index (χ1v) is 12.1. The maximum absolute atomic E-state index is 4.97. The van der Waals surface area contributed by atoms with Crippen LogP contribution in [-0.2, 0) is 0 Å². The molecule has 0 radical (unpaired) electrons. The molecule has 0 aliphatic rings. The van der Waals surface area contributed by atoms with E-state index in [1.807, 2.05) is 18.2 Å². The smallest absolute Gasteiger partial charge is 0.195 e. The predicted octanol–water partition coefficient (Wildman–Crippen LogP) is 9.10. The second kappa shape index (κ2) is 8.97. The zero-order valence-corrected chi connectivity index (χ0v) is 19.3. The van der Waals surface area contributed by atoms with Crippen molar-refractivity contribution in [2.45, 2.75) is 0 Å². The Hall–Kier alpha value is -4.21. The van der Waals surface area contributed by atoms with Gasteiger partial charge in [-0.25, -0.2) is 4.98 Å². The minimum Gasteiger partial charge on any atom is -0.286 e. The quantitative estimate of drug-likeness (QED) is 0.258. The second-order valence-corrected chi connectivity index (χ2v) is 9.13. The number of aromatic nitrogens is 1. The van der Waals surface area contributed by atoms with Crippen molar-refractivity contribution in [2.75, 3.05) is 4.90 Å². The third-order valence-corrected chi connectivity index (χ3v) is 6.96. The van der Waals surface area contributed by atoms with E-state index < -0.39 is 0 Å². The topological polar surface area (TPSA) is 16.1 Å². The number of para-hydroxylation sites is 1. The minimum atomic E-state index is 0.959. The highest BCUT2D eigenvalue weighted by Crippen LogP contribution is 2.40. The first-order valence-electron chi connectivity index (χ1n) is 11.3. The van der Waals surface area contributed by atoms with Gasteiger partial charge in [0.1, 0.15) is 0 Å². The van der Waals surface area contributed by atoms with Crippen LogP contribution in [0.4, 0.5) is 16.5 Å². The monoisotopic (exact) mass is 454 g/mol. The van der Waals surface area contributed by atoms with E-state index in [0.29, 0.717) is 0 Å². The Morgan fingerprint density at radius 1 is 0.441 bits per heavy atom. The van der Waals surface area contributed by atoms with Crippen LogP contribution >= 0.6 is 11.3 Å². The lowest BCUT2D eigenvalue weighted by Crippen LogP contribution is -2.09. The van der Waals surface area contributed by atoms with Crippen molar-refractivity contribution < 1.29 is 0 Å². The van der Waals surface area contributed by atoms with Crippen molar-refractivity contribution in [1.82, 2.24) is 4.98 Å². The van der Waals surface area contributed by atoms with Crippen LogP contribution in [0, 0.1) is 0 Å². The second-order valence-electron chi connectivity index (χ2n) is 8.13. The third-order valence-electron chi connectivity index (χ3n) is 5.94. The SMILES string of the molecule is c1ccc(-c2ccc(N(c3ccc(-c4ccccc4)cc3)c3nc4ccccc4s3)cc2)cc1. The molecular formula is C31H22N2S. The number of thiazole rings is 1. The molecule has 0 saturated carbocycles. The van der Waals surface area contributed by atoms with Gasteiger partial charge in [-0.3, -0.25) is 4.90 Å². The molecule has 6 rings (SSSR count). The molecule has 3 heteroatoms. The van der Waals surface area contributed by atoms with E-state index in [4.69, 9.17) is 4.98 Å². The van der Waals surface area contributed by atoms with Gasteiger partial charge in [-0.1, -0.05) is 108 Å². The molecule has 0 bridgehead atoms. The average molecular weight is 455 g/mol. The third kappa shape index (κ3) is 3.98. The molecule has 6 aromatic rings. The van der Waals surface area contributed by atoms with Crippen molar-refractivity contribution in [3.05, 3.63) is 133 Å². The summed E-state index contributed by atoms with van der Waals surface area (Å²) in [6.45, 7) is 0. The molecule has 0 fully saturated rings. The van der Waals surface area contributed by atoms with Crippen molar-refractivity contribution in [3.63, 3.8) is 0 Å². The maximum Gasteiger partial charge on any atom is 0.195 e. The molecule has 0 unspecified atom stereocenters. The summed E-state index contributed by atoms with van der Waals surface area (Å²) in [5.41, 5.74) is 8.04. The van der Waals surface area contributed by atoms with Gasteiger partial charge in [0.05, 0.1) is 10.2 Å². The summed E-state index contributed by atoms with van der Waals surface area (Å²) in [5, 5.41) is 0.959. The van der Waals surface area contributed by atoms with Crippen molar-refractivity contribution in [1.29, 1.82) is 0 Å². The van der Waals surface area contributed by atoms with Crippen LogP contribution < -0.4 is 4.90 Å². The standard InChI is InChI=1S/C31H22N2S/c1-3-9-23(10-4-1)25-15-19-27(20-16-25)33(31-32-29-13-7-8-14-30(29)34-31)28-21-17-26(18-22-28)24-11-5-2-6-12-24/h1-22H. The fourth-order valence-electron chi connectivity index (χ4n) is 4.19. The van der Waals surface area contributed by atoms with Crippen LogP contribution in [0.25, 0.3) is 32.5 Å². The fourth-order valence-corrected chi connectivity index (χ4v) is 5.20. The number of anilines is 3. The minimum absolute atomic E-state index is 0.959. The highest BCUT2D eigenvalue weighted by atomic mass is 32.1. The van der Waals surface area contributed by atoms with Gasteiger partial charge in [0.2, 0.25) is 0 Å². The molecule has 0 saturated heterocycles. The molecule has 0 aliphatic heterocycles. The molecule has 5 aromatic carbocycles. The van der Waals surface area contributed by atoms with Gasteiger partial charge in [0.15, 0.2) is 5.13 Å². The summed E-state index contributed by atoms with van der Waals surface area (Å²) in [7, 11) is 0. The Balaban J connectivity index is 1.43. The van der Waals surface area contributed by atoms with E-state index in [2.05, 4.69) is 120 Å². The van der Waals surface area contributed by atoms with Crippen LogP contribution in [0.15, 0.2) is 133 Å². The van der Waals surface area contributed by atoms with Gasteiger partial charge in [0.25, 0.3) is 0 Å². The van der Waals surface area contributed by atoms with Crippen LogP contribution in [0.2, 0.25) is 0 Å². The first-order chi connectivity index (χ1) is 16.8. The number of hydrogen-bond donors (Lipinski definition) is 0. The first kappa shape index (κ1) is 20.4. The van der Waals surface area contributed by atoms with Crippen LogP contribution in [0.5, 0.6) is 0 Å². The lowest BCUT2D eigenvalue weighted by atomic mass is 10.0. The summed E-state index contributed by atoms with van der Waals surface area (Å²) in [4.78, 5) is 7.22. The van der Waals surface area contributed by atoms with Gasteiger partial charge in [0, 0.05) is 11.4 Å². The molecule has 0 atom stereocenters. The molecule has 0 spiro atoms. The Bertz CT molecular complexity index is 1400. The largest absolute Gasteiger partial charge is 0.286 e. The number of fused-ring (bicyclic) bond motifs is 1. The summed E-state index contributed by atoms with van der Waals surface area (Å²) in [5.74, 6) is 0. The van der Waals surface area contributed by atoms with E-state index in [9.17, 15) is 0 Å². The molecule has 0 N–H and O–H groups in total. The molecule has 2 nitrogen and oxygen atoms in total. The molecule has 1 heterocycles. The summed E-state index contributed by atoms with van der Waals surface area (Å²) in [6.07, 6.45) is 0. The number of rotatable bonds is 5. The van der Waals surface area contributed by atoms with Crippen LogP contribution in [0.3, 0.4) is 0 Å². The Morgan fingerprint density at radius 3 is 1.38 bits per heavy atom. The van der Waals surface area contributed by atoms with Crippen molar-refractivity contribution in [2.24, 2.45) is 0 Å². The highest BCUT2D eigenvalue weighted by Gasteiger charge is 2.17. The summed E-state index contributed by atoms with van der Waals surface area (Å²) >= 11 is 1.71. The number of hydrogen-bond acceptors (Lipinski definition) is 3. The predicted molar refractivity (Wildman–Crippen MR) is 145 cm³/mol. The molecule has 0 amide bonds. The van der Waals surface area contributed by atoms with E-state index in [1.165, 1.54) is 27.0 Å². The van der Waals surface area contributed by atoms with Gasteiger partial charge in [-0.05, 0) is 58.7 Å². The number of nitrogens with zero attached hydrogens (tertiary/aromatic N) is 2. The lowest BCUT2D eigenvalue weighted by molar-refractivity contribution is 1.25. The van der Waals surface area contributed by atoms with Gasteiger partial charge in [-0.15, -0.1) is 0 Å². The Kier molecular flexibility index (Phi) is 5.38. The Morgan fingerprint density at radius 2 is 0.882 bits per heavy atom. The van der Waals surface area contributed by atoms with E-state index >= 15 is 0 Å². The van der Waals surface area contributed by atoms with E-state index in [-0.39, 0.29) is 0 Å². The molecule has 162 valence electrons. The number of benzene rings is 5. The molecule has 34 heavy (non-hydrogen) atoms. The van der Waals surface area contributed by atoms with E-state index in [0.717, 1.165) is 22.0 Å². The summed E-state index contributed by atoms with van der Waals surface area (Å²) < 4.78 is 1.18. The zero-order chi connectivity index (χ0) is 22.7. The Labute approximate surface area is 203 Å². The normalized spacial score (nSPS) is 10.9. The zero-order valence-electron chi connectivity index (χ0n) is 18.5. The van der Waals surface area contributed by atoms with Gasteiger partial charge >= 0.3 is 0 Å². The maximum atomic E-state index is 4.97. The fraction of sp³-hybridized carbons (Fsp3) is 0.